The topological polar surface area (TPSA) is 29.9 Å². The van der Waals surface area contributed by atoms with Gasteiger partial charge in [-0.25, -0.2) is 4.98 Å². The van der Waals surface area contributed by atoms with Gasteiger partial charge in [0.25, 0.3) is 0 Å². The summed E-state index contributed by atoms with van der Waals surface area (Å²) in [7, 11) is 2.03. The summed E-state index contributed by atoms with van der Waals surface area (Å²) in [5, 5.41) is 4.39. The summed E-state index contributed by atoms with van der Waals surface area (Å²) in [6.07, 6.45) is 6.82. The van der Waals surface area contributed by atoms with Gasteiger partial charge in [-0.3, -0.25) is 0 Å². The summed E-state index contributed by atoms with van der Waals surface area (Å²) >= 11 is 9.96. The second-order valence-electron chi connectivity index (χ2n) is 5.14. The lowest BCUT2D eigenvalue weighted by molar-refractivity contribution is 0.491. The van der Waals surface area contributed by atoms with Gasteiger partial charge < -0.3 is 9.88 Å². The van der Waals surface area contributed by atoms with Crippen molar-refractivity contribution in [3.8, 4) is 0 Å². The van der Waals surface area contributed by atoms with E-state index in [1.54, 1.807) is 0 Å². The van der Waals surface area contributed by atoms with Gasteiger partial charge in [-0.15, -0.1) is 0 Å². The highest BCUT2D eigenvalue weighted by Gasteiger charge is 2.16. The van der Waals surface area contributed by atoms with Gasteiger partial charge >= 0.3 is 0 Å². The van der Waals surface area contributed by atoms with E-state index in [4.69, 9.17) is 11.6 Å². The molecule has 0 aliphatic rings. The molecular weight excluding hydrogens is 350 g/mol. The Morgan fingerprint density at radius 3 is 2.90 bits per heavy atom. The highest BCUT2D eigenvalue weighted by Crippen LogP contribution is 2.32. The summed E-state index contributed by atoms with van der Waals surface area (Å²) in [4.78, 5) is 4.39. The normalized spacial score (nSPS) is 12.6. The van der Waals surface area contributed by atoms with Crippen LogP contribution in [0, 0.1) is 0 Å². The van der Waals surface area contributed by atoms with E-state index in [2.05, 4.69) is 43.8 Å². The molecule has 0 spiro atoms. The molecule has 1 N–H and O–H groups in total. The molecule has 3 nitrogen and oxygen atoms in total. The number of imidazole rings is 1. The van der Waals surface area contributed by atoms with Gasteiger partial charge in [-0.2, -0.15) is 0 Å². The summed E-state index contributed by atoms with van der Waals surface area (Å²) in [6, 6.07) is 6.35. The number of halogens is 2. The van der Waals surface area contributed by atoms with Crippen LogP contribution in [0.1, 0.15) is 37.2 Å². The van der Waals surface area contributed by atoms with Crippen molar-refractivity contribution in [2.24, 2.45) is 7.05 Å². The van der Waals surface area contributed by atoms with Crippen molar-refractivity contribution in [1.82, 2.24) is 14.9 Å². The van der Waals surface area contributed by atoms with Crippen LogP contribution in [0.15, 0.2) is 35.1 Å². The highest BCUT2D eigenvalue weighted by molar-refractivity contribution is 9.10. The van der Waals surface area contributed by atoms with E-state index in [1.165, 1.54) is 0 Å². The van der Waals surface area contributed by atoms with Crippen molar-refractivity contribution in [2.45, 2.75) is 32.2 Å². The molecule has 21 heavy (non-hydrogen) atoms. The quantitative estimate of drug-likeness (QED) is 0.777. The Balaban J connectivity index is 2.14. The van der Waals surface area contributed by atoms with Crippen molar-refractivity contribution in [2.75, 3.05) is 6.54 Å². The van der Waals surface area contributed by atoms with Crippen molar-refractivity contribution in [3.63, 3.8) is 0 Å². The lowest BCUT2D eigenvalue weighted by Gasteiger charge is -2.20. The predicted octanol–water partition coefficient (Wildman–Crippen LogP) is 4.51. The number of hydrogen-bond acceptors (Lipinski definition) is 2. The highest BCUT2D eigenvalue weighted by atomic mass is 79.9. The zero-order valence-electron chi connectivity index (χ0n) is 12.4. The Hall–Kier alpha value is -0.840. The Bertz CT molecular complexity index is 583. The molecule has 1 atom stereocenters. The molecular formula is C16H21BrClN3. The van der Waals surface area contributed by atoms with Crippen LogP contribution in [0.3, 0.4) is 0 Å². The molecule has 2 rings (SSSR count). The third kappa shape index (κ3) is 4.31. The molecule has 1 aromatic heterocycles. The van der Waals surface area contributed by atoms with E-state index >= 15 is 0 Å². The van der Waals surface area contributed by atoms with Crippen LogP contribution < -0.4 is 5.32 Å². The molecule has 0 radical (unpaired) electrons. The Morgan fingerprint density at radius 1 is 1.43 bits per heavy atom. The molecule has 5 heteroatoms. The lowest BCUT2D eigenvalue weighted by Crippen LogP contribution is -2.23. The number of hydrogen-bond donors (Lipinski definition) is 1. The van der Waals surface area contributed by atoms with Crippen LogP contribution >= 0.6 is 27.5 Å². The van der Waals surface area contributed by atoms with Gasteiger partial charge in [0.05, 0.1) is 5.02 Å². The number of nitrogens with zero attached hydrogens (tertiary/aromatic N) is 2. The van der Waals surface area contributed by atoms with Crippen molar-refractivity contribution >= 4 is 27.5 Å². The van der Waals surface area contributed by atoms with Crippen LogP contribution in [0.2, 0.25) is 5.02 Å². The van der Waals surface area contributed by atoms with Gasteiger partial charge in [-0.05, 0) is 46.9 Å². The van der Waals surface area contributed by atoms with E-state index in [0.717, 1.165) is 46.7 Å². The Kier molecular flexibility index (Phi) is 6.27. The second kappa shape index (κ2) is 7.97. The van der Waals surface area contributed by atoms with Crippen LogP contribution in [-0.4, -0.2) is 16.1 Å². The third-order valence-electron chi connectivity index (χ3n) is 3.58. The van der Waals surface area contributed by atoms with E-state index in [0.29, 0.717) is 0 Å². The monoisotopic (exact) mass is 369 g/mol. The van der Waals surface area contributed by atoms with Crippen LogP contribution in [0.25, 0.3) is 0 Å². The van der Waals surface area contributed by atoms with Crippen molar-refractivity contribution in [1.29, 1.82) is 0 Å². The number of benzene rings is 1. The van der Waals surface area contributed by atoms with E-state index in [1.807, 2.05) is 31.6 Å². The smallest absolute Gasteiger partial charge is 0.108 e. The molecule has 1 unspecified atom stereocenters. The average Bonchev–Trinajstić information content (AvgIpc) is 2.88. The summed E-state index contributed by atoms with van der Waals surface area (Å²) in [5.74, 6) is 1.10. The maximum Gasteiger partial charge on any atom is 0.108 e. The minimum Gasteiger partial charge on any atom is -0.338 e. The molecule has 1 aromatic carbocycles. The van der Waals surface area contributed by atoms with Gasteiger partial charge in [0.2, 0.25) is 0 Å². The van der Waals surface area contributed by atoms with Crippen LogP contribution in [0.4, 0.5) is 0 Å². The molecule has 1 heterocycles. The lowest BCUT2D eigenvalue weighted by atomic mass is 10.0. The number of nitrogens with one attached hydrogen (secondary N) is 1. The first-order chi connectivity index (χ1) is 10.1. The molecule has 0 aliphatic heterocycles. The number of rotatable bonds is 7. The van der Waals surface area contributed by atoms with Gasteiger partial charge in [-0.1, -0.05) is 30.7 Å². The summed E-state index contributed by atoms with van der Waals surface area (Å²) in [5.41, 5.74) is 1.15. The fourth-order valence-electron chi connectivity index (χ4n) is 2.39. The van der Waals surface area contributed by atoms with E-state index in [-0.39, 0.29) is 6.04 Å². The average molecular weight is 371 g/mol. The van der Waals surface area contributed by atoms with Crippen LogP contribution in [-0.2, 0) is 13.5 Å². The minimum atomic E-state index is 0.242. The minimum absolute atomic E-state index is 0.242. The van der Waals surface area contributed by atoms with Gasteiger partial charge in [0.1, 0.15) is 5.82 Å². The summed E-state index contributed by atoms with van der Waals surface area (Å²) < 4.78 is 3.02. The molecule has 0 bridgehead atoms. The maximum absolute atomic E-state index is 6.45. The van der Waals surface area contributed by atoms with Gasteiger partial charge in [0, 0.05) is 36.4 Å². The zero-order chi connectivity index (χ0) is 15.2. The SMILES string of the molecule is CCCNC(CCc1nccn1C)c1cccc(Br)c1Cl. The maximum atomic E-state index is 6.45. The molecule has 0 saturated carbocycles. The molecule has 0 aliphatic carbocycles. The largest absolute Gasteiger partial charge is 0.338 e. The standard InChI is InChI=1S/C16H21BrClN3/c1-3-9-19-14(7-8-15-20-10-11-21(15)2)12-5-4-6-13(17)16(12)18/h4-6,10-11,14,19H,3,7-9H2,1-2H3. The Morgan fingerprint density at radius 2 is 2.24 bits per heavy atom. The number of aromatic nitrogens is 2. The van der Waals surface area contributed by atoms with Crippen molar-refractivity contribution < 1.29 is 0 Å². The second-order valence-corrected chi connectivity index (χ2v) is 6.38. The fraction of sp³-hybridized carbons (Fsp3) is 0.438. The zero-order valence-corrected chi connectivity index (χ0v) is 14.8. The predicted molar refractivity (Wildman–Crippen MR) is 91.7 cm³/mol. The first-order valence-corrected chi connectivity index (χ1v) is 8.44. The third-order valence-corrected chi connectivity index (χ3v) is 4.89. The molecule has 0 fully saturated rings. The first-order valence-electron chi connectivity index (χ1n) is 7.27. The fourth-order valence-corrected chi connectivity index (χ4v) is 3.03. The summed E-state index contributed by atoms with van der Waals surface area (Å²) in [6.45, 7) is 3.15. The molecule has 2 aromatic rings. The Labute approximate surface area is 139 Å². The molecule has 0 saturated heterocycles. The number of aryl methyl sites for hydroxylation is 2. The van der Waals surface area contributed by atoms with Crippen LogP contribution in [0.5, 0.6) is 0 Å². The first kappa shape index (κ1) is 16.5. The van der Waals surface area contributed by atoms with E-state index in [9.17, 15) is 0 Å². The molecule has 0 amide bonds. The molecule has 114 valence electrons. The van der Waals surface area contributed by atoms with Gasteiger partial charge in [0.15, 0.2) is 0 Å². The van der Waals surface area contributed by atoms with E-state index < -0.39 is 0 Å². The van der Waals surface area contributed by atoms with Crippen molar-refractivity contribution in [3.05, 3.63) is 51.5 Å².